The number of phosphoric acid groups is 1. The molecule has 0 amide bonds. The highest BCUT2D eigenvalue weighted by Gasteiger charge is 2.17. The number of nitrogen functional groups attached to an aromatic ring is 1. The van der Waals surface area contributed by atoms with Crippen LogP contribution in [0.3, 0.4) is 0 Å². The van der Waals surface area contributed by atoms with Crippen LogP contribution in [0.15, 0.2) is 18.2 Å². The maximum absolute atomic E-state index is 10.5. The molecule has 0 radical (unpaired) electrons. The van der Waals surface area contributed by atoms with Gasteiger partial charge in [0.2, 0.25) is 0 Å². The molecule has 1 aromatic carbocycles. The first-order chi connectivity index (χ1) is 5.88. The zero-order valence-corrected chi connectivity index (χ0v) is 7.86. The third-order valence-electron chi connectivity index (χ3n) is 1.39. The lowest BCUT2D eigenvalue weighted by Gasteiger charge is -2.09. The van der Waals surface area contributed by atoms with Gasteiger partial charge in [-0.05, 0) is 24.6 Å². The van der Waals surface area contributed by atoms with Crippen molar-refractivity contribution in [1.82, 2.24) is 0 Å². The fraction of sp³-hybridized carbons (Fsp3) is 0.143. The van der Waals surface area contributed by atoms with Crippen molar-refractivity contribution < 1.29 is 18.9 Å². The molecular weight excluding hydrogens is 193 g/mol. The van der Waals surface area contributed by atoms with E-state index in [2.05, 4.69) is 4.52 Å². The van der Waals surface area contributed by atoms with Crippen LogP contribution in [-0.2, 0) is 4.57 Å². The van der Waals surface area contributed by atoms with Gasteiger partial charge in [0.15, 0.2) is 5.75 Å². The van der Waals surface area contributed by atoms with Crippen molar-refractivity contribution in [2.75, 3.05) is 5.73 Å². The Morgan fingerprint density at radius 1 is 1.46 bits per heavy atom. The van der Waals surface area contributed by atoms with Gasteiger partial charge < -0.3 is 10.3 Å². The van der Waals surface area contributed by atoms with Crippen LogP contribution in [0.4, 0.5) is 5.69 Å². The lowest BCUT2D eigenvalue weighted by molar-refractivity contribution is 0.283. The van der Waals surface area contributed by atoms with Crippen LogP contribution in [-0.4, -0.2) is 9.79 Å². The molecule has 13 heavy (non-hydrogen) atoms. The van der Waals surface area contributed by atoms with Crippen molar-refractivity contribution in [3.05, 3.63) is 23.8 Å². The molecule has 0 bridgehead atoms. The Hall–Kier alpha value is -1.03. The second kappa shape index (κ2) is 3.38. The molecule has 1 rings (SSSR count). The van der Waals surface area contributed by atoms with E-state index < -0.39 is 7.82 Å². The van der Waals surface area contributed by atoms with Crippen molar-refractivity contribution in [3.8, 4) is 5.75 Å². The standard InChI is InChI=1S/C7H10NO4P/c1-5-2-3-6(8)7(4-5)12-13(9,10)11/h2-4H,8H2,1H3,(H2,9,10,11). The number of nitrogens with two attached hydrogens (primary N) is 1. The smallest absolute Gasteiger partial charge is 0.402 e. The van der Waals surface area contributed by atoms with Crippen molar-refractivity contribution >= 4 is 13.5 Å². The SMILES string of the molecule is Cc1ccc(N)c(OP(=O)(O)O)c1. The van der Waals surface area contributed by atoms with E-state index in [1.807, 2.05) is 0 Å². The Balaban J connectivity index is 3.01. The van der Waals surface area contributed by atoms with Crippen LogP contribution in [0, 0.1) is 6.92 Å². The van der Waals surface area contributed by atoms with E-state index in [9.17, 15) is 4.57 Å². The molecule has 0 aliphatic carbocycles. The third-order valence-corrected chi connectivity index (χ3v) is 1.82. The average Bonchev–Trinajstić information content (AvgIpc) is 1.94. The van der Waals surface area contributed by atoms with Gasteiger partial charge in [-0.25, -0.2) is 4.57 Å². The summed E-state index contributed by atoms with van der Waals surface area (Å²) in [4.78, 5) is 17.0. The molecule has 0 saturated carbocycles. The molecule has 0 fully saturated rings. The molecule has 0 saturated heterocycles. The van der Waals surface area contributed by atoms with Crippen LogP contribution in [0.25, 0.3) is 0 Å². The van der Waals surface area contributed by atoms with E-state index in [4.69, 9.17) is 15.5 Å². The van der Waals surface area contributed by atoms with Crippen molar-refractivity contribution in [1.29, 1.82) is 0 Å². The number of hydrogen-bond acceptors (Lipinski definition) is 3. The minimum Gasteiger partial charge on any atom is -0.402 e. The van der Waals surface area contributed by atoms with Gasteiger partial charge in [0.25, 0.3) is 0 Å². The molecule has 72 valence electrons. The normalized spacial score (nSPS) is 11.3. The first-order valence-electron chi connectivity index (χ1n) is 3.50. The molecule has 0 aliphatic heterocycles. The van der Waals surface area contributed by atoms with Crippen molar-refractivity contribution in [3.63, 3.8) is 0 Å². The van der Waals surface area contributed by atoms with Crippen molar-refractivity contribution in [2.24, 2.45) is 0 Å². The summed E-state index contributed by atoms with van der Waals surface area (Å²) in [5, 5.41) is 0. The quantitative estimate of drug-likeness (QED) is 0.493. The Labute approximate surface area is 75.4 Å². The van der Waals surface area contributed by atoms with Gasteiger partial charge in [0.05, 0.1) is 5.69 Å². The van der Waals surface area contributed by atoms with Gasteiger partial charge >= 0.3 is 7.82 Å². The lowest BCUT2D eigenvalue weighted by atomic mass is 10.2. The summed E-state index contributed by atoms with van der Waals surface area (Å²) in [6.07, 6.45) is 0. The van der Waals surface area contributed by atoms with Crippen LogP contribution in [0.1, 0.15) is 5.56 Å². The second-order valence-corrected chi connectivity index (χ2v) is 3.79. The van der Waals surface area contributed by atoms with Gasteiger partial charge in [0, 0.05) is 0 Å². The molecule has 0 spiro atoms. The number of rotatable bonds is 2. The molecule has 0 aliphatic rings. The van der Waals surface area contributed by atoms with Crippen LogP contribution in [0.5, 0.6) is 5.75 Å². The maximum Gasteiger partial charge on any atom is 0.524 e. The van der Waals surface area contributed by atoms with E-state index in [0.29, 0.717) is 0 Å². The number of anilines is 1. The minimum absolute atomic E-state index is 0.00772. The second-order valence-electron chi connectivity index (χ2n) is 2.62. The predicted molar refractivity (Wildman–Crippen MR) is 48.3 cm³/mol. The monoisotopic (exact) mass is 203 g/mol. The van der Waals surface area contributed by atoms with E-state index in [1.54, 1.807) is 13.0 Å². The van der Waals surface area contributed by atoms with E-state index in [1.165, 1.54) is 12.1 Å². The van der Waals surface area contributed by atoms with E-state index in [-0.39, 0.29) is 11.4 Å². The van der Waals surface area contributed by atoms with Gasteiger partial charge in [-0.1, -0.05) is 6.07 Å². The molecule has 0 aromatic heterocycles. The number of benzene rings is 1. The minimum atomic E-state index is -4.51. The molecule has 1 aromatic rings. The van der Waals surface area contributed by atoms with Crippen LogP contribution >= 0.6 is 7.82 Å². The Morgan fingerprint density at radius 3 is 2.62 bits per heavy atom. The summed E-state index contributed by atoms with van der Waals surface area (Å²) in [6.45, 7) is 1.77. The zero-order chi connectivity index (χ0) is 10.1. The van der Waals surface area contributed by atoms with E-state index in [0.717, 1.165) is 5.56 Å². The first-order valence-corrected chi connectivity index (χ1v) is 5.03. The van der Waals surface area contributed by atoms with Crippen LogP contribution < -0.4 is 10.3 Å². The molecule has 0 unspecified atom stereocenters. The van der Waals surface area contributed by atoms with E-state index >= 15 is 0 Å². The van der Waals surface area contributed by atoms with Crippen molar-refractivity contribution in [2.45, 2.75) is 6.92 Å². The number of hydrogen-bond donors (Lipinski definition) is 3. The van der Waals surface area contributed by atoms with Gasteiger partial charge in [-0.2, -0.15) is 0 Å². The third kappa shape index (κ3) is 3.06. The summed E-state index contributed by atoms with van der Waals surface area (Å²) in [5.41, 5.74) is 6.45. The summed E-state index contributed by atoms with van der Waals surface area (Å²) in [6, 6.07) is 4.72. The predicted octanol–water partition coefficient (Wildman–Crippen LogP) is 1.05. The van der Waals surface area contributed by atoms with Gasteiger partial charge in [-0.15, -0.1) is 0 Å². The maximum atomic E-state index is 10.5. The fourth-order valence-electron chi connectivity index (χ4n) is 0.849. The Kier molecular flexibility index (Phi) is 2.61. The largest absolute Gasteiger partial charge is 0.524 e. The first kappa shape index (κ1) is 10.1. The average molecular weight is 203 g/mol. The van der Waals surface area contributed by atoms with Crippen LogP contribution in [0.2, 0.25) is 0 Å². The highest BCUT2D eigenvalue weighted by molar-refractivity contribution is 7.46. The summed E-state index contributed by atoms with van der Waals surface area (Å²) in [7, 11) is -4.51. The summed E-state index contributed by atoms with van der Waals surface area (Å²) < 4.78 is 14.8. The Bertz CT molecular complexity index is 360. The number of phosphoric ester groups is 1. The van der Waals surface area contributed by atoms with Gasteiger partial charge in [-0.3, -0.25) is 9.79 Å². The summed E-state index contributed by atoms with van der Waals surface area (Å²) >= 11 is 0. The lowest BCUT2D eigenvalue weighted by Crippen LogP contribution is -1.95. The molecule has 0 atom stereocenters. The molecular formula is C7H10NO4P. The Morgan fingerprint density at radius 2 is 2.08 bits per heavy atom. The molecule has 0 heterocycles. The molecule has 6 heteroatoms. The molecule has 5 nitrogen and oxygen atoms in total. The zero-order valence-electron chi connectivity index (χ0n) is 6.97. The summed E-state index contributed by atoms with van der Waals surface area (Å²) in [5.74, 6) is 0.00772. The van der Waals surface area contributed by atoms with Gasteiger partial charge in [0.1, 0.15) is 0 Å². The molecule has 4 N–H and O–H groups in total. The fourth-order valence-corrected chi connectivity index (χ4v) is 1.26. The highest BCUT2D eigenvalue weighted by atomic mass is 31.2. The highest BCUT2D eigenvalue weighted by Crippen LogP contribution is 2.40. The number of aryl methyl sites for hydroxylation is 1. The topological polar surface area (TPSA) is 92.8 Å².